The minimum absolute atomic E-state index is 0.245. The van der Waals surface area contributed by atoms with Crippen LogP contribution in [0.4, 0.5) is 11.4 Å². The van der Waals surface area contributed by atoms with Gasteiger partial charge in [0.25, 0.3) is 0 Å². The Bertz CT molecular complexity index is 833. The minimum atomic E-state index is -0.427. The molecule has 140 valence electrons. The molecule has 8 heteroatoms. The molecule has 0 aromatic heterocycles. The average molecular weight is 385 g/mol. The number of aliphatic imine (C=N–C) groups is 2. The third-order valence-electron chi connectivity index (χ3n) is 4.40. The predicted molar refractivity (Wildman–Crippen MR) is 109 cm³/mol. The highest BCUT2D eigenvalue weighted by Gasteiger charge is 2.31. The van der Waals surface area contributed by atoms with E-state index in [1.165, 1.54) is 0 Å². The number of hydrogen-bond donors (Lipinski definition) is 2. The minimum Gasteiger partial charge on any atom is -0.378 e. The summed E-state index contributed by atoms with van der Waals surface area (Å²) >= 11 is 6.00. The van der Waals surface area contributed by atoms with Crippen molar-refractivity contribution in [1.82, 2.24) is 4.90 Å². The van der Waals surface area contributed by atoms with Crippen LogP contribution in [-0.2, 0) is 4.74 Å². The van der Waals surface area contributed by atoms with Crippen molar-refractivity contribution >= 4 is 34.9 Å². The van der Waals surface area contributed by atoms with E-state index in [1.54, 1.807) is 0 Å². The fourth-order valence-corrected chi connectivity index (χ4v) is 3.23. The Kier molecular flexibility index (Phi) is 5.13. The van der Waals surface area contributed by atoms with Crippen LogP contribution in [0.15, 0.2) is 64.6 Å². The molecule has 1 fully saturated rings. The topological polar surface area (TPSA) is 78.5 Å². The van der Waals surface area contributed by atoms with E-state index < -0.39 is 6.29 Å². The number of para-hydroxylation sites is 1. The van der Waals surface area contributed by atoms with Gasteiger partial charge >= 0.3 is 0 Å². The van der Waals surface area contributed by atoms with Gasteiger partial charge in [0.05, 0.1) is 13.2 Å². The molecule has 3 N–H and O–H groups in total. The molecule has 2 aromatic rings. The number of morpholine rings is 1. The lowest BCUT2D eigenvalue weighted by molar-refractivity contribution is 0.0671. The van der Waals surface area contributed by atoms with Gasteiger partial charge in [-0.2, -0.15) is 4.99 Å². The summed E-state index contributed by atoms with van der Waals surface area (Å²) in [5, 5.41) is 4.10. The number of nitrogens with one attached hydrogen (secondary N) is 1. The second-order valence-corrected chi connectivity index (χ2v) is 6.67. The van der Waals surface area contributed by atoms with Crippen molar-refractivity contribution < 1.29 is 4.74 Å². The number of nitrogens with two attached hydrogens (primary N) is 1. The van der Waals surface area contributed by atoms with E-state index in [1.807, 2.05) is 54.6 Å². The van der Waals surface area contributed by atoms with Crippen LogP contribution in [0.2, 0.25) is 5.02 Å². The monoisotopic (exact) mass is 384 g/mol. The number of rotatable bonds is 3. The maximum atomic E-state index is 6.06. The molecule has 0 amide bonds. The number of nitrogens with zero attached hydrogens (tertiary/aromatic N) is 4. The first-order valence-electron chi connectivity index (χ1n) is 8.82. The first kappa shape index (κ1) is 17.6. The van der Waals surface area contributed by atoms with Crippen molar-refractivity contribution in [3.05, 3.63) is 59.6 Å². The van der Waals surface area contributed by atoms with Crippen LogP contribution >= 0.6 is 11.6 Å². The lowest BCUT2D eigenvalue weighted by atomic mass is 10.2. The van der Waals surface area contributed by atoms with E-state index in [9.17, 15) is 0 Å². The van der Waals surface area contributed by atoms with Gasteiger partial charge in [-0.05, 0) is 36.4 Å². The Morgan fingerprint density at radius 3 is 2.44 bits per heavy atom. The maximum absolute atomic E-state index is 6.06. The molecule has 2 aromatic carbocycles. The number of benzene rings is 2. The van der Waals surface area contributed by atoms with Gasteiger partial charge in [-0.25, -0.2) is 4.99 Å². The van der Waals surface area contributed by atoms with Gasteiger partial charge in [0.15, 0.2) is 0 Å². The zero-order valence-corrected chi connectivity index (χ0v) is 15.5. The second kappa shape index (κ2) is 7.85. The zero-order chi connectivity index (χ0) is 18.6. The highest BCUT2D eigenvalue weighted by Crippen LogP contribution is 2.24. The molecule has 0 spiro atoms. The van der Waals surface area contributed by atoms with E-state index in [0.29, 0.717) is 18.2 Å². The lowest BCUT2D eigenvalue weighted by Crippen LogP contribution is -2.57. The average Bonchev–Trinajstić information content (AvgIpc) is 2.71. The standard InChI is InChI=1S/C19H21ClN6O/c20-14-6-8-15(9-7-14)22-18-23-17(21)24-19(25-10-12-27-13-11-25)26(18)16-4-2-1-3-5-16/h1-9,18,22H,10-13H2,(H2,21,23). The van der Waals surface area contributed by atoms with Gasteiger partial charge in [0.1, 0.15) is 0 Å². The molecule has 0 bridgehead atoms. The number of ether oxygens (including phenoxy) is 1. The molecular weight excluding hydrogens is 364 g/mol. The highest BCUT2D eigenvalue weighted by atomic mass is 35.5. The largest absolute Gasteiger partial charge is 0.378 e. The highest BCUT2D eigenvalue weighted by molar-refractivity contribution is 6.30. The van der Waals surface area contributed by atoms with Crippen molar-refractivity contribution in [3.63, 3.8) is 0 Å². The van der Waals surface area contributed by atoms with Crippen LogP contribution in [0.5, 0.6) is 0 Å². The summed E-state index contributed by atoms with van der Waals surface area (Å²) in [6, 6.07) is 17.5. The summed E-state index contributed by atoms with van der Waals surface area (Å²) in [5.74, 6) is 1.01. The normalized spacial score (nSPS) is 20.1. The van der Waals surface area contributed by atoms with Crippen molar-refractivity contribution in [2.24, 2.45) is 15.7 Å². The number of anilines is 2. The molecule has 0 aliphatic carbocycles. The molecule has 7 nitrogen and oxygen atoms in total. The number of hydrogen-bond acceptors (Lipinski definition) is 7. The lowest BCUT2D eigenvalue weighted by Gasteiger charge is -2.41. The second-order valence-electron chi connectivity index (χ2n) is 6.23. The predicted octanol–water partition coefficient (Wildman–Crippen LogP) is 2.56. The summed E-state index contributed by atoms with van der Waals surface area (Å²) in [4.78, 5) is 13.3. The Morgan fingerprint density at radius 2 is 1.74 bits per heavy atom. The molecule has 27 heavy (non-hydrogen) atoms. The third kappa shape index (κ3) is 3.99. The van der Waals surface area contributed by atoms with Crippen molar-refractivity contribution in [2.45, 2.75) is 6.29 Å². The molecule has 4 rings (SSSR count). The molecule has 0 saturated carbocycles. The van der Waals surface area contributed by atoms with Crippen LogP contribution in [0.3, 0.4) is 0 Å². The fourth-order valence-electron chi connectivity index (χ4n) is 3.10. The summed E-state index contributed by atoms with van der Waals surface area (Å²) < 4.78 is 5.49. The smallest absolute Gasteiger partial charge is 0.222 e. The quantitative estimate of drug-likeness (QED) is 0.850. The van der Waals surface area contributed by atoms with Crippen LogP contribution in [0, 0.1) is 0 Å². The Morgan fingerprint density at radius 1 is 1.04 bits per heavy atom. The van der Waals surface area contributed by atoms with E-state index in [-0.39, 0.29) is 5.96 Å². The van der Waals surface area contributed by atoms with Crippen molar-refractivity contribution in [2.75, 3.05) is 36.5 Å². The Balaban J connectivity index is 1.69. The van der Waals surface area contributed by atoms with Crippen molar-refractivity contribution in [3.8, 4) is 0 Å². The molecule has 1 saturated heterocycles. The molecular formula is C19H21ClN6O. The summed E-state index contributed by atoms with van der Waals surface area (Å²) in [7, 11) is 0. The molecule has 1 atom stereocenters. The number of guanidine groups is 2. The molecule has 2 aliphatic heterocycles. The molecule has 2 aliphatic rings. The van der Waals surface area contributed by atoms with Crippen molar-refractivity contribution in [1.29, 1.82) is 0 Å². The van der Waals surface area contributed by atoms with E-state index in [2.05, 4.69) is 25.1 Å². The van der Waals surface area contributed by atoms with Crippen LogP contribution in [0.1, 0.15) is 0 Å². The first-order valence-corrected chi connectivity index (χ1v) is 9.19. The van der Waals surface area contributed by atoms with Gasteiger partial charge in [0.2, 0.25) is 18.2 Å². The SMILES string of the molecule is NC1=NC(Nc2ccc(Cl)cc2)N(c2ccccc2)C(N2CCOCC2)=N1. The van der Waals surface area contributed by atoms with E-state index in [4.69, 9.17) is 22.1 Å². The third-order valence-corrected chi connectivity index (χ3v) is 4.65. The van der Waals surface area contributed by atoms with Gasteiger partial charge < -0.3 is 20.7 Å². The van der Waals surface area contributed by atoms with Gasteiger partial charge in [0, 0.05) is 29.5 Å². The number of halogens is 1. The van der Waals surface area contributed by atoms with Gasteiger partial charge in [-0.3, -0.25) is 4.90 Å². The van der Waals surface area contributed by atoms with Crippen LogP contribution in [-0.4, -0.2) is 49.4 Å². The van der Waals surface area contributed by atoms with Crippen LogP contribution in [0.25, 0.3) is 0 Å². The molecule has 1 unspecified atom stereocenters. The molecule has 0 radical (unpaired) electrons. The van der Waals surface area contributed by atoms with Gasteiger partial charge in [-0.1, -0.05) is 29.8 Å². The zero-order valence-electron chi connectivity index (χ0n) is 14.8. The maximum Gasteiger partial charge on any atom is 0.222 e. The Hall–Kier alpha value is -2.77. The van der Waals surface area contributed by atoms with Crippen LogP contribution < -0.4 is 16.0 Å². The fraction of sp³-hybridized carbons (Fsp3) is 0.263. The van der Waals surface area contributed by atoms with E-state index in [0.717, 1.165) is 30.4 Å². The van der Waals surface area contributed by atoms with Gasteiger partial charge in [-0.15, -0.1) is 0 Å². The molecule has 2 heterocycles. The first-order chi connectivity index (χ1) is 13.2. The summed E-state index contributed by atoms with van der Waals surface area (Å²) in [6.45, 7) is 2.83. The Labute approximate surface area is 163 Å². The summed E-state index contributed by atoms with van der Waals surface area (Å²) in [5.41, 5.74) is 7.93. The van der Waals surface area contributed by atoms with E-state index >= 15 is 0 Å². The summed E-state index contributed by atoms with van der Waals surface area (Å²) in [6.07, 6.45) is -0.427.